The van der Waals surface area contributed by atoms with Crippen molar-refractivity contribution in [3.05, 3.63) is 56.3 Å². The highest BCUT2D eigenvalue weighted by atomic mass is 35.5. The number of ketones is 2. The molecule has 12 nitrogen and oxygen atoms in total. The van der Waals surface area contributed by atoms with Crippen molar-refractivity contribution in [2.45, 2.75) is 36.9 Å². The first-order valence-electron chi connectivity index (χ1n) is 11.2. The molecule has 5 atom stereocenters. The molecule has 1 heterocycles. The Hall–Kier alpha value is -3.42. The third kappa shape index (κ3) is 4.19. The Kier molecular flexibility index (Phi) is 7.54. The van der Waals surface area contributed by atoms with Gasteiger partial charge in [0, 0.05) is 12.2 Å². The zero-order valence-electron chi connectivity index (χ0n) is 20.8. The maximum Gasteiger partial charge on any atom is 0.338 e. The fourth-order valence-electron chi connectivity index (χ4n) is 4.56. The van der Waals surface area contributed by atoms with Crippen LogP contribution in [0.3, 0.4) is 0 Å². The molecule has 39 heavy (non-hydrogen) atoms. The van der Waals surface area contributed by atoms with Gasteiger partial charge in [0.25, 0.3) is 5.60 Å². The van der Waals surface area contributed by atoms with Crippen LogP contribution in [-0.4, -0.2) is 90.2 Å². The first-order valence-corrected chi connectivity index (χ1v) is 12.0. The number of carbonyl (C=O) groups is 4. The van der Waals surface area contributed by atoms with Crippen molar-refractivity contribution in [2.75, 3.05) is 21.3 Å². The Balaban J connectivity index is 1.95. The summed E-state index contributed by atoms with van der Waals surface area (Å²) in [5.41, 5.74) is -3.53. The number of esters is 2. The van der Waals surface area contributed by atoms with E-state index in [1.54, 1.807) is 0 Å². The van der Waals surface area contributed by atoms with Gasteiger partial charge in [-0.3, -0.25) is 9.59 Å². The quantitative estimate of drug-likeness (QED) is 0.415. The predicted octanol–water partition coefficient (Wildman–Crippen LogP) is 0.771. The summed E-state index contributed by atoms with van der Waals surface area (Å²) in [6, 6.07) is 0. The second-order valence-corrected chi connectivity index (χ2v) is 9.44. The molecule has 1 aromatic carbocycles. The Labute approximate surface area is 230 Å². The van der Waals surface area contributed by atoms with Gasteiger partial charge in [-0.25, -0.2) is 9.59 Å². The van der Waals surface area contributed by atoms with Gasteiger partial charge >= 0.3 is 11.9 Å². The zero-order chi connectivity index (χ0) is 29.0. The minimum atomic E-state index is -2.36. The maximum atomic E-state index is 14.2. The summed E-state index contributed by atoms with van der Waals surface area (Å²) in [4.78, 5) is 51.6. The van der Waals surface area contributed by atoms with E-state index in [1.165, 1.54) is 6.92 Å². The second-order valence-electron chi connectivity index (χ2n) is 8.69. The smallest absolute Gasteiger partial charge is 0.338 e. The fraction of sp³-hybridized carbons (Fsp3) is 0.360. The van der Waals surface area contributed by atoms with Gasteiger partial charge in [-0.15, -0.1) is 0 Å². The van der Waals surface area contributed by atoms with E-state index in [1.807, 2.05) is 0 Å². The Morgan fingerprint density at radius 3 is 2.21 bits per heavy atom. The third-order valence-electron chi connectivity index (χ3n) is 6.56. The van der Waals surface area contributed by atoms with Gasteiger partial charge in [-0.05, 0) is 18.6 Å². The molecular formula is C25H22Cl2O12. The van der Waals surface area contributed by atoms with E-state index in [0.29, 0.717) is 0 Å². The van der Waals surface area contributed by atoms with Gasteiger partial charge in [-0.1, -0.05) is 23.2 Å². The fourth-order valence-corrected chi connectivity index (χ4v) is 5.07. The number of carbonyl (C=O) groups excluding carboxylic acids is 4. The average molecular weight is 585 g/mol. The van der Waals surface area contributed by atoms with E-state index < -0.39 is 70.4 Å². The molecule has 1 spiro atoms. The number of fused-ring (bicyclic) bond motifs is 1. The highest BCUT2D eigenvalue weighted by Gasteiger charge is 2.61. The third-order valence-corrected chi connectivity index (χ3v) is 7.47. The highest BCUT2D eigenvalue weighted by molar-refractivity contribution is 6.40. The van der Waals surface area contributed by atoms with E-state index in [4.69, 9.17) is 46.9 Å². The van der Waals surface area contributed by atoms with Crippen LogP contribution in [0.25, 0.3) is 0 Å². The normalized spacial score (nSPS) is 27.7. The lowest BCUT2D eigenvalue weighted by atomic mass is 9.81. The molecule has 0 unspecified atom stereocenters. The van der Waals surface area contributed by atoms with Gasteiger partial charge < -0.3 is 39.0 Å². The van der Waals surface area contributed by atoms with Crippen LogP contribution >= 0.6 is 23.2 Å². The molecule has 4 rings (SSSR count). The van der Waals surface area contributed by atoms with Gasteiger partial charge in [0.2, 0.25) is 5.78 Å². The molecule has 0 saturated heterocycles. The number of aliphatic hydroxyl groups is 3. The minimum absolute atomic E-state index is 0.143. The largest absolute Gasteiger partial charge is 0.496 e. The van der Waals surface area contributed by atoms with Crippen LogP contribution in [0.5, 0.6) is 11.5 Å². The van der Waals surface area contributed by atoms with Crippen molar-refractivity contribution < 1.29 is 58.2 Å². The number of ether oxygens (including phenoxy) is 5. The van der Waals surface area contributed by atoms with Gasteiger partial charge in [-0.2, -0.15) is 0 Å². The van der Waals surface area contributed by atoms with Gasteiger partial charge in [0.05, 0.1) is 36.9 Å². The number of hydrogen-bond donors (Lipinski definition) is 3. The number of methoxy groups -OCH3 is 3. The molecule has 1 aliphatic heterocycles. The summed E-state index contributed by atoms with van der Waals surface area (Å²) in [7, 11) is 3.23. The summed E-state index contributed by atoms with van der Waals surface area (Å²) in [5, 5.41) is 30.6. The number of rotatable bonds is 5. The molecular weight excluding hydrogens is 563 g/mol. The summed E-state index contributed by atoms with van der Waals surface area (Å²) in [6.07, 6.45) is -4.28. The van der Waals surface area contributed by atoms with E-state index in [2.05, 4.69) is 0 Å². The average Bonchev–Trinajstić information content (AvgIpc) is 3.22. The summed E-state index contributed by atoms with van der Waals surface area (Å²) < 4.78 is 26.7. The van der Waals surface area contributed by atoms with Gasteiger partial charge in [0.15, 0.2) is 29.1 Å². The first-order chi connectivity index (χ1) is 18.3. The molecule has 0 bridgehead atoms. The SMILES string of the molecule is COC(=O)C1=C[C@@H](O)[C@@H](O)[C@H](O)[C@@H]1Oc1c(Cl)c(C)c(Cl)c2c1C(=O)[C@@]1(O2)C(OC)=CC(=O)C=C1C(=O)OC. The topological polar surface area (TPSA) is 175 Å². The Bertz CT molecular complexity index is 1390. The number of allylic oxidation sites excluding steroid dienone is 2. The summed E-state index contributed by atoms with van der Waals surface area (Å²) in [6.45, 7) is 1.46. The van der Waals surface area contributed by atoms with E-state index in [0.717, 1.165) is 39.6 Å². The molecule has 3 N–H and O–H groups in total. The van der Waals surface area contributed by atoms with Crippen molar-refractivity contribution in [1.29, 1.82) is 0 Å². The van der Waals surface area contributed by atoms with Crippen LogP contribution < -0.4 is 9.47 Å². The van der Waals surface area contributed by atoms with Crippen LogP contribution in [0.4, 0.5) is 0 Å². The van der Waals surface area contributed by atoms with Crippen LogP contribution in [0.1, 0.15) is 15.9 Å². The van der Waals surface area contributed by atoms with Gasteiger partial charge in [0.1, 0.15) is 29.4 Å². The van der Waals surface area contributed by atoms with Crippen molar-refractivity contribution >= 4 is 46.7 Å². The maximum absolute atomic E-state index is 14.2. The molecule has 3 aliphatic rings. The Morgan fingerprint density at radius 1 is 0.974 bits per heavy atom. The molecule has 0 aromatic heterocycles. The van der Waals surface area contributed by atoms with Crippen LogP contribution in [0.2, 0.25) is 10.0 Å². The van der Waals surface area contributed by atoms with Crippen LogP contribution in [0, 0.1) is 6.92 Å². The van der Waals surface area contributed by atoms with Crippen LogP contribution in [-0.2, 0) is 28.6 Å². The number of aliphatic hydroxyl groups excluding tert-OH is 3. The predicted molar refractivity (Wildman–Crippen MR) is 132 cm³/mol. The second kappa shape index (κ2) is 10.3. The lowest BCUT2D eigenvalue weighted by Crippen LogP contribution is -2.52. The molecule has 0 fully saturated rings. The number of halogens is 2. The van der Waals surface area contributed by atoms with Crippen molar-refractivity contribution in [3.63, 3.8) is 0 Å². The molecule has 208 valence electrons. The van der Waals surface area contributed by atoms with Crippen molar-refractivity contribution in [1.82, 2.24) is 0 Å². The number of benzene rings is 1. The van der Waals surface area contributed by atoms with Crippen molar-refractivity contribution in [3.8, 4) is 11.5 Å². The van der Waals surface area contributed by atoms with Crippen LogP contribution in [0.15, 0.2) is 35.1 Å². The van der Waals surface area contributed by atoms with E-state index in [-0.39, 0.29) is 32.7 Å². The molecule has 1 aromatic rings. The summed E-state index contributed by atoms with van der Waals surface area (Å²) in [5.74, 6) is -4.87. The monoisotopic (exact) mass is 584 g/mol. The number of Topliss-reactive ketones (excluding diaryl/α,β-unsaturated/α-hetero) is 1. The lowest BCUT2D eigenvalue weighted by Gasteiger charge is -2.34. The standard InChI is InChI=1S/C25H22Cl2O12/c1-8-15(26)20(38-19-10(23(33)36-3)7-12(29)17(30)18(19)31)14-21(16(8)27)39-25(22(14)32)11(24(34)37-4)5-9(28)6-13(25)35-2/h5-7,12,17-19,29-31H,1-4H3/t12-,17-,18+,19-,25+/m1/s1. The Morgan fingerprint density at radius 2 is 1.62 bits per heavy atom. The zero-order valence-corrected chi connectivity index (χ0v) is 22.3. The molecule has 2 aliphatic carbocycles. The summed E-state index contributed by atoms with van der Waals surface area (Å²) >= 11 is 13.0. The van der Waals surface area contributed by atoms with Crippen molar-refractivity contribution in [2.24, 2.45) is 0 Å². The highest BCUT2D eigenvalue weighted by Crippen LogP contribution is 2.55. The number of hydrogen-bond acceptors (Lipinski definition) is 12. The molecule has 0 radical (unpaired) electrons. The van der Waals surface area contributed by atoms with E-state index >= 15 is 0 Å². The van der Waals surface area contributed by atoms with E-state index in [9.17, 15) is 34.5 Å². The molecule has 0 amide bonds. The molecule has 14 heteroatoms. The minimum Gasteiger partial charge on any atom is -0.496 e. The lowest BCUT2D eigenvalue weighted by molar-refractivity contribution is -0.141. The molecule has 0 saturated carbocycles. The first kappa shape index (κ1) is 28.6.